The van der Waals surface area contributed by atoms with Crippen LogP contribution in [0.15, 0.2) is 5.11 Å². The summed E-state index contributed by atoms with van der Waals surface area (Å²) in [6.07, 6.45) is -6.01. The molecule has 18 heavy (non-hydrogen) atoms. The lowest BCUT2D eigenvalue weighted by molar-refractivity contribution is -0.253. The van der Waals surface area contributed by atoms with Gasteiger partial charge in [-0.25, -0.2) is 0 Å². The van der Waals surface area contributed by atoms with Gasteiger partial charge in [-0.3, -0.25) is 4.79 Å². The molecule has 0 saturated carbocycles. The first-order valence-corrected chi connectivity index (χ1v) is 4.99. The molecule has 0 aromatic rings. The standard InChI is InChI=1S/C8H14N4O6/c9-12-10-1-4(14)11-5-7(16)6(15)3(2-13)18-8(5)17/h3,5-8,13,15-17H,1-2H2,(H,11,14)/t3-,5+,6-,7-,8?/m1/s1/i1D/t1?,3-,5+,6-,7-,8?. The molecular weight excluding hydrogens is 248 g/mol. The Morgan fingerprint density at radius 1 is 1.50 bits per heavy atom. The average molecular weight is 263 g/mol. The molecule has 10 heteroatoms. The second-order valence-corrected chi connectivity index (χ2v) is 3.60. The van der Waals surface area contributed by atoms with Crippen LogP contribution in [0.25, 0.3) is 10.4 Å². The van der Waals surface area contributed by atoms with Gasteiger partial charge in [0.05, 0.1) is 6.61 Å². The first-order valence-electron chi connectivity index (χ1n) is 5.57. The average Bonchev–Trinajstić information content (AvgIpc) is 2.38. The van der Waals surface area contributed by atoms with E-state index >= 15 is 0 Å². The molecule has 1 fully saturated rings. The molecule has 1 saturated heterocycles. The van der Waals surface area contributed by atoms with E-state index in [4.69, 9.17) is 16.7 Å². The minimum Gasteiger partial charge on any atom is -0.394 e. The molecular formula is C8H14N4O6. The van der Waals surface area contributed by atoms with Crippen molar-refractivity contribution in [2.24, 2.45) is 5.11 Å². The molecule has 6 atom stereocenters. The van der Waals surface area contributed by atoms with Gasteiger partial charge < -0.3 is 30.5 Å². The summed E-state index contributed by atoms with van der Waals surface area (Å²) in [5, 5.41) is 42.5. The topological polar surface area (TPSA) is 168 Å². The van der Waals surface area contributed by atoms with Crippen molar-refractivity contribution in [1.29, 1.82) is 0 Å². The minimum atomic E-state index is -1.79. The number of azide groups is 1. The lowest BCUT2D eigenvalue weighted by atomic mass is 9.97. The van der Waals surface area contributed by atoms with Crippen LogP contribution >= 0.6 is 0 Å². The number of aliphatic hydroxyl groups is 4. The second-order valence-electron chi connectivity index (χ2n) is 3.60. The van der Waals surface area contributed by atoms with E-state index in [0.717, 1.165) is 0 Å². The zero-order valence-corrected chi connectivity index (χ0v) is 9.12. The number of nitrogens with one attached hydrogen (secondary N) is 1. The fraction of sp³-hybridized carbons (Fsp3) is 0.875. The van der Waals surface area contributed by atoms with Crippen LogP contribution in [0.2, 0.25) is 0 Å². The van der Waals surface area contributed by atoms with E-state index in [1.165, 1.54) is 0 Å². The second kappa shape index (κ2) is 6.50. The van der Waals surface area contributed by atoms with Crippen molar-refractivity contribution < 1.29 is 31.3 Å². The van der Waals surface area contributed by atoms with Gasteiger partial charge in [-0.1, -0.05) is 5.11 Å². The van der Waals surface area contributed by atoms with Gasteiger partial charge in [-0.15, -0.1) is 0 Å². The number of carbonyl (C=O) groups is 1. The summed E-state index contributed by atoms with van der Waals surface area (Å²) >= 11 is 0. The highest BCUT2D eigenvalue weighted by Gasteiger charge is 2.44. The molecule has 1 aliphatic heterocycles. The third-order valence-electron chi connectivity index (χ3n) is 2.44. The van der Waals surface area contributed by atoms with Gasteiger partial charge in [0.15, 0.2) is 6.29 Å². The van der Waals surface area contributed by atoms with E-state index in [1.54, 1.807) is 0 Å². The Morgan fingerprint density at radius 3 is 2.72 bits per heavy atom. The van der Waals surface area contributed by atoms with Crippen LogP contribution in [0.1, 0.15) is 1.37 Å². The molecule has 2 unspecified atom stereocenters. The fourth-order valence-electron chi connectivity index (χ4n) is 1.53. The summed E-state index contributed by atoms with van der Waals surface area (Å²) < 4.78 is 11.9. The lowest BCUT2D eigenvalue weighted by Crippen LogP contribution is -2.64. The summed E-state index contributed by atoms with van der Waals surface area (Å²) in [7, 11) is 0. The molecule has 0 radical (unpaired) electrons. The van der Waals surface area contributed by atoms with Crippen molar-refractivity contribution in [3.63, 3.8) is 0 Å². The van der Waals surface area contributed by atoms with Crippen molar-refractivity contribution >= 4 is 5.91 Å². The van der Waals surface area contributed by atoms with Gasteiger partial charge in [0, 0.05) is 6.28 Å². The largest absolute Gasteiger partial charge is 0.394 e. The fourth-order valence-corrected chi connectivity index (χ4v) is 1.53. The number of hydrogen-bond acceptors (Lipinski definition) is 7. The molecule has 1 heterocycles. The van der Waals surface area contributed by atoms with E-state index in [1.807, 2.05) is 5.32 Å². The highest BCUT2D eigenvalue weighted by Crippen LogP contribution is 2.19. The molecule has 0 aromatic heterocycles. The molecule has 5 N–H and O–H groups in total. The molecule has 0 spiro atoms. The zero-order chi connectivity index (χ0) is 14.6. The van der Waals surface area contributed by atoms with Crippen LogP contribution in [0.4, 0.5) is 0 Å². The predicted octanol–water partition coefficient (Wildman–Crippen LogP) is -2.79. The molecule has 10 nitrogen and oxygen atoms in total. The van der Waals surface area contributed by atoms with E-state index in [0.29, 0.717) is 0 Å². The number of carbonyl (C=O) groups excluding carboxylic acids is 1. The maximum absolute atomic E-state index is 11.4. The summed E-state index contributed by atoms with van der Waals surface area (Å²) in [5.74, 6) is -1.07. The van der Waals surface area contributed by atoms with Crippen molar-refractivity contribution in [1.82, 2.24) is 5.32 Å². The summed E-state index contributed by atoms with van der Waals surface area (Å²) in [6, 6.07) is -1.41. The number of aliphatic hydroxyl groups excluding tert-OH is 4. The quantitative estimate of drug-likeness (QED) is 0.209. The van der Waals surface area contributed by atoms with Gasteiger partial charge >= 0.3 is 0 Å². The van der Waals surface area contributed by atoms with E-state index in [2.05, 4.69) is 10.0 Å². The third-order valence-corrected chi connectivity index (χ3v) is 2.44. The molecule has 0 bridgehead atoms. The van der Waals surface area contributed by atoms with Crippen molar-refractivity contribution in [2.75, 3.05) is 13.1 Å². The smallest absolute Gasteiger partial charge is 0.226 e. The van der Waals surface area contributed by atoms with Gasteiger partial charge in [0.2, 0.25) is 5.91 Å². The molecule has 1 aliphatic rings. The van der Waals surface area contributed by atoms with Gasteiger partial charge in [0.25, 0.3) is 0 Å². The maximum atomic E-state index is 11.4. The summed E-state index contributed by atoms with van der Waals surface area (Å²) in [5.41, 5.74) is 8.07. The van der Waals surface area contributed by atoms with Crippen LogP contribution in [0.5, 0.6) is 0 Å². The van der Waals surface area contributed by atoms with E-state index in [-0.39, 0.29) is 0 Å². The van der Waals surface area contributed by atoms with Crippen molar-refractivity contribution in [2.45, 2.75) is 30.6 Å². The van der Waals surface area contributed by atoms with Crippen molar-refractivity contribution in [3.8, 4) is 0 Å². The monoisotopic (exact) mass is 263 g/mol. The number of amides is 1. The molecule has 1 amide bonds. The molecule has 102 valence electrons. The van der Waals surface area contributed by atoms with Gasteiger partial charge in [-0.2, -0.15) is 0 Å². The van der Waals surface area contributed by atoms with Crippen LogP contribution in [0.3, 0.4) is 0 Å². The molecule has 0 aromatic carbocycles. The predicted molar refractivity (Wildman–Crippen MR) is 55.9 cm³/mol. The Hall–Kier alpha value is -1.42. The van der Waals surface area contributed by atoms with Crippen LogP contribution in [-0.2, 0) is 9.53 Å². The number of ether oxygens (including phenoxy) is 1. The third kappa shape index (κ3) is 3.29. The minimum absolute atomic E-state index is 0.629. The maximum Gasteiger partial charge on any atom is 0.226 e. The first kappa shape index (κ1) is 13.0. The number of hydrogen-bond donors (Lipinski definition) is 5. The van der Waals surface area contributed by atoms with E-state index < -0.39 is 49.7 Å². The Bertz CT molecular complexity index is 378. The SMILES string of the molecule is [2H]C(N=[N+]=[N-])C(=O)N[C@@H]1C(O)O[C@H](CO)[C@@H](O)[C@@H]1O. The van der Waals surface area contributed by atoms with Gasteiger partial charge in [0.1, 0.15) is 30.9 Å². The Morgan fingerprint density at radius 2 is 2.17 bits per heavy atom. The Kier molecular flexibility index (Phi) is 4.70. The zero-order valence-electron chi connectivity index (χ0n) is 10.1. The Balaban J connectivity index is 2.72. The summed E-state index contributed by atoms with van der Waals surface area (Å²) in [4.78, 5) is 13.6. The summed E-state index contributed by atoms with van der Waals surface area (Å²) in [6.45, 7) is -2.42. The molecule has 0 aliphatic carbocycles. The van der Waals surface area contributed by atoms with Crippen LogP contribution < -0.4 is 5.32 Å². The molecule has 1 rings (SSSR count). The number of rotatable bonds is 4. The van der Waals surface area contributed by atoms with E-state index in [9.17, 15) is 20.1 Å². The van der Waals surface area contributed by atoms with Gasteiger partial charge in [-0.05, 0) is 5.53 Å². The van der Waals surface area contributed by atoms with Crippen LogP contribution in [-0.4, -0.2) is 70.1 Å². The van der Waals surface area contributed by atoms with Crippen molar-refractivity contribution in [3.05, 3.63) is 10.4 Å². The Labute approximate surface area is 103 Å². The number of nitrogens with zero attached hydrogens (tertiary/aromatic N) is 3. The normalized spacial score (nSPS) is 38.2. The first-order chi connectivity index (χ1) is 8.92. The van der Waals surface area contributed by atoms with Crippen LogP contribution in [0, 0.1) is 0 Å². The highest BCUT2D eigenvalue weighted by molar-refractivity contribution is 5.78. The highest BCUT2D eigenvalue weighted by atomic mass is 16.6. The lowest BCUT2D eigenvalue weighted by Gasteiger charge is -2.40.